The SMILES string of the molecule is COc1ccc([C@@H]2CN(C3CCCCC3C(C=O)OC(C)=O)C[C@@]2(C)[C@@H](C)O)cc1OC1CCCC1. The van der Waals surface area contributed by atoms with Gasteiger partial charge in [-0.3, -0.25) is 14.5 Å². The Labute approximate surface area is 215 Å². The molecule has 3 unspecified atom stereocenters. The Morgan fingerprint density at radius 3 is 2.47 bits per heavy atom. The molecule has 0 bridgehead atoms. The third kappa shape index (κ3) is 5.57. The zero-order chi connectivity index (χ0) is 25.9. The first-order valence-corrected chi connectivity index (χ1v) is 13.7. The van der Waals surface area contributed by atoms with Crippen molar-refractivity contribution in [3.63, 3.8) is 0 Å². The molecule has 3 fully saturated rings. The molecule has 0 aromatic heterocycles. The zero-order valence-electron chi connectivity index (χ0n) is 22.3. The number of nitrogens with zero attached hydrogens (tertiary/aromatic N) is 1. The van der Waals surface area contributed by atoms with Crippen molar-refractivity contribution in [1.82, 2.24) is 4.90 Å². The summed E-state index contributed by atoms with van der Waals surface area (Å²) in [5.41, 5.74) is 0.758. The molecule has 7 nitrogen and oxygen atoms in total. The second-order valence-corrected chi connectivity index (χ2v) is 11.3. The van der Waals surface area contributed by atoms with Crippen molar-refractivity contribution in [2.24, 2.45) is 11.3 Å². The molecule has 0 spiro atoms. The van der Waals surface area contributed by atoms with E-state index in [9.17, 15) is 14.7 Å². The first-order chi connectivity index (χ1) is 17.3. The minimum Gasteiger partial charge on any atom is -0.493 e. The number of likely N-dealkylation sites (tertiary alicyclic amines) is 1. The second kappa shape index (κ2) is 11.5. The Hall–Kier alpha value is -2.12. The standard InChI is InChI=1S/C29H43NO6/c1-19(32)29(3)18-30(25-12-8-7-11-23(25)28(17-31)35-20(2)33)16-24(29)21-13-14-26(34-4)27(15-21)36-22-9-5-6-10-22/h13-15,17,19,22-25,28,32H,5-12,16,18H2,1-4H3/t19-,23?,24+,25?,28?,29+/m1/s1. The van der Waals surface area contributed by atoms with Gasteiger partial charge in [0.15, 0.2) is 23.9 Å². The van der Waals surface area contributed by atoms with Gasteiger partial charge in [0.1, 0.15) is 0 Å². The zero-order valence-corrected chi connectivity index (χ0v) is 22.3. The van der Waals surface area contributed by atoms with Crippen LogP contribution in [0.25, 0.3) is 0 Å². The average Bonchev–Trinajstić information content (AvgIpc) is 3.50. The van der Waals surface area contributed by atoms with E-state index in [0.717, 1.165) is 68.4 Å². The number of hydrogen-bond acceptors (Lipinski definition) is 7. The monoisotopic (exact) mass is 501 g/mol. The minimum absolute atomic E-state index is 0.0331. The van der Waals surface area contributed by atoms with Crippen LogP contribution in [0.5, 0.6) is 11.5 Å². The molecule has 6 atom stereocenters. The van der Waals surface area contributed by atoms with Crippen LogP contribution >= 0.6 is 0 Å². The van der Waals surface area contributed by atoms with Gasteiger partial charge in [-0.15, -0.1) is 0 Å². The van der Waals surface area contributed by atoms with Crippen LogP contribution in [-0.2, 0) is 14.3 Å². The third-order valence-corrected chi connectivity index (χ3v) is 9.01. The van der Waals surface area contributed by atoms with Gasteiger partial charge < -0.3 is 19.3 Å². The van der Waals surface area contributed by atoms with Gasteiger partial charge in [-0.25, -0.2) is 0 Å². The molecule has 7 heteroatoms. The molecule has 2 saturated carbocycles. The lowest BCUT2D eigenvalue weighted by Gasteiger charge is -2.40. The van der Waals surface area contributed by atoms with Crippen molar-refractivity contribution in [2.45, 2.75) is 102 Å². The van der Waals surface area contributed by atoms with E-state index in [0.29, 0.717) is 6.54 Å². The van der Waals surface area contributed by atoms with Crippen molar-refractivity contribution in [2.75, 3.05) is 20.2 Å². The van der Waals surface area contributed by atoms with Crippen molar-refractivity contribution >= 4 is 12.3 Å². The van der Waals surface area contributed by atoms with Crippen molar-refractivity contribution in [3.05, 3.63) is 23.8 Å². The fourth-order valence-electron chi connectivity index (χ4n) is 6.79. The Bertz CT molecular complexity index is 913. The fourth-order valence-corrected chi connectivity index (χ4v) is 6.79. The smallest absolute Gasteiger partial charge is 0.303 e. The van der Waals surface area contributed by atoms with Gasteiger partial charge in [0.05, 0.1) is 19.3 Å². The Balaban J connectivity index is 1.62. The molecule has 1 aliphatic heterocycles. The van der Waals surface area contributed by atoms with E-state index >= 15 is 0 Å². The summed E-state index contributed by atoms with van der Waals surface area (Å²) < 4.78 is 17.4. The van der Waals surface area contributed by atoms with Crippen molar-refractivity contribution < 1.29 is 28.9 Å². The molecule has 2 aliphatic carbocycles. The summed E-state index contributed by atoms with van der Waals surface area (Å²) in [4.78, 5) is 26.0. The maximum Gasteiger partial charge on any atom is 0.303 e. The summed E-state index contributed by atoms with van der Waals surface area (Å²) in [6.07, 6.45) is 8.22. The Morgan fingerprint density at radius 1 is 1.14 bits per heavy atom. The van der Waals surface area contributed by atoms with Crippen LogP contribution in [0.3, 0.4) is 0 Å². The van der Waals surface area contributed by atoms with Crippen LogP contribution in [0.15, 0.2) is 18.2 Å². The summed E-state index contributed by atoms with van der Waals surface area (Å²) in [5, 5.41) is 11.0. The van der Waals surface area contributed by atoms with Gasteiger partial charge >= 0.3 is 5.97 Å². The molecule has 0 radical (unpaired) electrons. The van der Waals surface area contributed by atoms with Crippen molar-refractivity contribution in [3.8, 4) is 11.5 Å². The molecule has 1 heterocycles. The number of carbonyl (C=O) groups is 2. The first kappa shape index (κ1) is 26.9. The topological polar surface area (TPSA) is 85.3 Å². The Morgan fingerprint density at radius 2 is 1.83 bits per heavy atom. The molecule has 1 N–H and O–H groups in total. The van der Waals surface area contributed by atoms with E-state index in [1.807, 2.05) is 13.0 Å². The highest BCUT2D eigenvalue weighted by molar-refractivity contribution is 5.70. The van der Waals surface area contributed by atoms with Crippen LogP contribution < -0.4 is 9.47 Å². The number of aliphatic hydroxyl groups is 1. The van der Waals surface area contributed by atoms with Crippen LogP contribution in [0.1, 0.15) is 83.6 Å². The maximum absolute atomic E-state index is 11.9. The van der Waals surface area contributed by atoms with Gasteiger partial charge in [-0.2, -0.15) is 0 Å². The normalized spacial score (nSPS) is 31.1. The lowest BCUT2D eigenvalue weighted by atomic mass is 9.72. The van der Waals surface area contributed by atoms with Gasteiger partial charge in [-0.05, 0) is 63.1 Å². The first-order valence-electron chi connectivity index (χ1n) is 13.7. The number of ether oxygens (including phenoxy) is 3. The quantitative estimate of drug-likeness (QED) is 0.394. The maximum atomic E-state index is 11.9. The molecule has 4 rings (SSSR count). The minimum atomic E-state index is -0.725. The molecule has 200 valence electrons. The highest BCUT2D eigenvalue weighted by Gasteiger charge is 2.50. The van der Waals surface area contributed by atoms with Crippen LogP contribution in [0.4, 0.5) is 0 Å². The largest absolute Gasteiger partial charge is 0.493 e. The van der Waals surface area contributed by atoms with Crippen LogP contribution in [-0.4, -0.2) is 66.8 Å². The predicted molar refractivity (Wildman–Crippen MR) is 137 cm³/mol. The van der Waals surface area contributed by atoms with E-state index < -0.39 is 18.2 Å². The fraction of sp³-hybridized carbons (Fsp3) is 0.724. The van der Waals surface area contributed by atoms with E-state index in [-0.39, 0.29) is 29.4 Å². The third-order valence-electron chi connectivity index (χ3n) is 9.01. The number of carbonyl (C=O) groups excluding carboxylic acids is 2. The van der Waals surface area contributed by atoms with Crippen LogP contribution in [0, 0.1) is 11.3 Å². The summed E-state index contributed by atoms with van der Waals surface area (Å²) in [6.45, 7) is 6.88. The number of hydrogen-bond donors (Lipinski definition) is 1. The van der Waals surface area contributed by atoms with Gasteiger partial charge in [-0.1, -0.05) is 25.8 Å². The number of methoxy groups -OCH3 is 1. The van der Waals surface area contributed by atoms with Gasteiger partial charge in [0.2, 0.25) is 0 Å². The number of benzene rings is 1. The molecule has 36 heavy (non-hydrogen) atoms. The molecule has 3 aliphatic rings. The van der Waals surface area contributed by atoms with E-state index in [1.165, 1.54) is 19.8 Å². The highest BCUT2D eigenvalue weighted by Crippen LogP contribution is 2.49. The lowest BCUT2D eigenvalue weighted by molar-refractivity contribution is -0.154. The van der Waals surface area contributed by atoms with Crippen LogP contribution in [0.2, 0.25) is 0 Å². The van der Waals surface area contributed by atoms with E-state index in [4.69, 9.17) is 14.2 Å². The van der Waals surface area contributed by atoms with Gasteiger partial charge in [0.25, 0.3) is 0 Å². The Kier molecular flexibility index (Phi) is 8.61. The molecule has 0 amide bonds. The average molecular weight is 502 g/mol. The van der Waals surface area contributed by atoms with Crippen molar-refractivity contribution in [1.29, 1.82) is 0 Å². The highest BCUT2D eigenvalue weighted by atomic mass is 16.5. The predicted octanol–water partition coefficient (Wildman–Crippen LogP) is 4.49. The van der Waals surface area contributed by atoms with E-state index in [2.05, 4.69) is 24.0 Å². The summed E-state index contributed by atoms with van der Waals surface area (Å²) in [7, 11) is 1.67. The number of rotatable bonds is 9. The van der Waals surface area contributed by atoms with Gasteiger partial charge in [0, 0.05) is 43.3 Å². The summed E-state index contributed by atoms with van der Waals surface area (Å²) in [6, 6.07) is 6.32. The molecule has 1 aromatic rings. The lowest BCUT2D eigenvalue weighted by Crippen LogP contribution is -2.48. The summed E-state index contributed by atoms with van der Waals surface area (Å²) in [5.74, 6) is 1.15. The molecule has 1 saturated heterocycles. The molecule has 1 aromatic carbocycles. The number of aldehydes is 1. The molecular weight excluding hydrogens is 458 g/mol. The van der Waals surface area contributed by atoms with E-state index in [1.54, 1.807) is 7.11 Å². The summed E-state index contributed by atoms with van der Waals surface area (Å²) >= 11 is 0. The molecular formula is C29H43NO6. The number of aliphatic hydroxyl groups excluding tert-OH is 1. The number of esters is 1. The second-order valence-electron chi connectivity index (χ2n) is 11.3.